The average Bonchev–Trinajstić information content (AvgIpc) is 3.23. The minimum absolute atomic E-state index is 0.0578. The van der Waals surface area contributed by atoms with Crippen molar-refractivity contribution in [2.75, 3.05) is 20.1 Å². The molecule has 0 bridgehead atoms. The van der Waals surface area contributed by atoms with Crippen LogP contribution < -0.4 is 0 Å². The van der Waals surface area contributed by atoms with E-state index in [1.54, 1.807) is 24.2 Å². The maximum atomic E-state index is 12.6. The van der Waals surface area contributed by atoms with Crippen molar-refractivity contribution >= 4 is 11.8 Å². The molecule has 5 heteroatoms. The van der Waals surface area contributed by atoms with E-state index in [0.717, 1.165) is 48.3 Å². The Bertz CT molecular complexity index is 825. The number of carbonyl (C=O) groups is 2. The molecule has 3 heterocycles. The third-order valence-corrected chi connectivity index (χ3v) is 4.79. The van der Waals surface area contributed by atoms with E-state index in [-0.39, 0.29) is 11.8 Å². The Hall–Kier alpha value is -2.69. The van der Waals surface area contributed by atoms with E-state index in [4.69, 9.17) is 0 Å². The zero-order valence-corrected chi connectivity index (χ0v) is 13.7. The molecule has 0 atom stereocenters. The topological polar surface area (TPSA) is 53.5 Å². The van der Waals surface area contributed by atoms with E-state index in [2.05, 4.69) is 4.98 Å². The molecule has 1 aromatic carbocycles. The molecule has 0 N–H and O–H groups in total. The lowest BCUT2D eigenvalue weighted by Gasteiger charge is -2.15. The molecule has 0 spiro atoms. The maximum absolute atomic E-state index is 12.6. The summed E-state index contributed by atoms with van der Waals surface area (Å²) in [5.74, 6) is 0.134. The third-order valence-electron chi connectivity index (χ3n) is 4.79. The molecule has 2 amide bonds. The first-order valence-electron chi connectivity index (χ1n) is 8.27. The fraction of sp³-hybridized carbons (Fsp3) is 0.316. The van der Waals surface area contributed by atoms with Gasteiger partial charge in [0.1, 0.15) is 0 Å². The molecule has 0 saturated carbocycles. The number of rotatable bonds is 2. The highest BCUT2D eigenvalue weighted by molar-refractivity contribution is 5.99. The quantitative estimate of drug-likeness (QED) is 0.854. The molecular formula is C19H19N3O2. The molecular weight excluding hydrogens is 302 g/mol. The SMILES string of the molecule is CN1Cc2cc(-c3cc(C(=O)N4CCCC4)ccn3)ccc2C1=O. The van der Waals surface area contributed by atoms with Crippen LogP contribution in [0, 0.1) is 0 Å². The Morgan fingerprint density at radius 2 is 1.92 bits per heavy atom. The molecule has 24 heavy (non-hydrogen) atoms. The lowest BCUT2D eigenvalue weighted by atomic mass is 10.0. The smallest absolute Gasteiger partial charge is 0.254 e. The largest absolute Gasteiger partial charge is 0.339 e. The summed E-state index contributed by atoms with van der Waals surface area (Å²) < 4.78 is 0. The van der Waals surface area contributed by atoms with E-state index in [1.807, 2.05) is 29.2 Å². The number of nitrogens with zero attached hydrogens (tertiary/aromatic N) is 3. The van der Waals surface area contributed by atoms with Gasteiger partial charge in [0.05, 0.1) is 5.69 Å². The Morgan fingerprint density at radius 1 is 1.12 bits per heavy atom. The van der Waals surface area contributed by atoms with Crippen LogP contribution in [0.15, 0.2) is 36.5 Å². The first kappa shape index (κ1) is 14.9. The summed E-state index contributed by atoms with van der Waals surface area (Å²) in [4.78, 5) is 32.6. The first-order valence-corrected chi connectivity index (χ1v) is 8.27. The van der Waals surface area contributed by atoms with Crippen LogP contribution in [0.25, 0.3) is 11.3 Å². The van der Waals surface area contributed by atoms with Crippen LogP contribution in [0.3, 0.4) is 0 Å². The summed E-state index contributed by atoms with van der Waals surface area (Å²) in [6, 6.07) is 9.39. The van der Waals surface area contributed by atoms with Crippen molar-refractivity contribution in [3.63, 3.8) is 0 Å². The van der Waals surface area contributed by atoms with E-state index < -0.39 is 0 Å². The number of carbonyl (C=O) groups excluding carboxylic acids is 2. The van der Waals surface area contributed by atoms with Gasteiger partial charge in [-0.1, -0.05) is 6.07 Å². The highest BCUT2D eigenvalue weighted by Crippen LogP contribution is 2.27. The standard InChI is InChI=1S/C19H19N3O2/c1-21-12-15-10-13(4-5-16(15)19(21)24)17-11-14(6-7-20-17)18(23)22-8-2-3-9-22/h4-7,10-11H,2-3,8-9,12H2,1H3. The summed E-state index contributed by atoms with van der Waals surface area (Å²) in [6.07, 6.45) is 3.84. The zero-order chi connectivity index (χ0) is 16.7. The Balaban J connectivity index is 1.66. The summed E-state index contributed by atoms with van der Waals surface area (Å²) in [5, 5.41) is 0. The second-order valence-electron chi connectivity index (χ2n) is 6.46. The minimum atomic E-state index is 0.0578. The van der Waals surface area contributed by atoms with Crippen molar-refractivity contribution in [3.05, 3.63) is 53.2 Å². The van der Waals surface area contributed by atoms with E-state index in [9.17, 15) is 9.59 Å². The van der Waals surface area contributed by atoms with Gasteiger partial charge in [-0.25, -0.2) is 0 Å². The Kier molecular flexibility index (Phi) is 3.56. The van der Waals surface area contributed by atoms with Gasteiger partial charge in [-0.2, -0.15) is 0 Å². The third kappa shape index (κ3) is 2.46. The van der Waals surface area contributed by atoms with Crippen LogP contribution in [-0.4, -0.2) is 46.7 Å². The van der Waals surface area contributed by atoms with Crippen LogP contribution in [0.5, 0.6) is 0 Å². The van der Waals surface area contributed by atoms with Gasteiger partial charge in [0, 0.05) is 49.6 Å². The number of benzene rings is 1. The molecule has 2 aliphatic heterocycles. The van der Waals surface area contributed by atoms with Gasteiger partial charge in [-0.3, -0.25) is 14.6 Å². The first-order chi connectivity index (χ1) is 11.6. The van der Waals surface area contributed by atoms with Crippen molar-refractivity contribution < 1.29 is 9.59 Å². The molecule has 0 radical (unpaired) electrons. The number of fused-ring (bicyclic) bond motifs is 1. The Morgan fingerprint density at radius 3 is 2.71 bits per heavy atom. The average molecular weight is 321 g/mol. The van der Waals surface area contributed by atoms with Gasteiger partial charge in [0.2, 0.25) is 0 Å². The number of hydrogen-bond acceptors (Lipinski definition) is 3. The van der Waals surface area contributed by atoms with Gasteiger partial charge in [0.15, 0.2) is 0 Å². The molecule has 2 aromatic rings. The summed E-state index contributed by atoms with van der Waals surface area (Å²) in [5.41, 5.74) is 4.15. The summed E-state index contributed by atoms with van der Waals surface area (Å²) in [7, 11) is 1.80. The van der Waals surface area contributed by atoms with Gasteiger partial charge < -0.3 is 9.80 Å². The number of pyridine rings is 1. The predicted octanol–water partition coefficient (Wildman–Crippen LogP) is 2.57. The van der Waals surface area contributed by atoms with E-state index in [0.29, 0.717) is 12.1 Å². The second kappa shape index (κ2) is 5.74. The predicted molar refractivity (Wildman–Crippen MR) is 90.6 cm³/mol. The van der Waals surface area contributed by atoms with Crippen molar-refractivity contribution in [1.29, 1.82) is 0 Å². The van der Waals surface area contributed by atoms with Gasteiger partial charge in [-0.15, -0.1) is 0 Å². The molecule has 0 aliphatic carbocycles. The molecule has 1 saturated heterocycles. The fourth-order valence-electron chi connectivity index (χ4n) is 3.45. The van der Waals surface area contributed by atoms with Crippen LogP contribution in [-0.2, 0) is 6.54 Å². The number of hydrogen-bond donors (Lipinski definition) is 0. The highest BCUT2D eigenvalue weighted by atomic mass is 16.2. The summed E-state index contributed by atoms with van der Waals surface area (Å²) in [6.45, 7) is 2.29. The van der Waals surface area contributed by atoms with E-state index >= 15 is 0 Å². The lowest BCUT2D eigenvalue weighted by molar-refractivity contribution is 0.0790. The number of aromatic nitrogens is 1. The van der Waals surface area contributed by atoms with E-state index in [1.165, 1.54) is 0 Å². The second-order valence-corrected chi connectivity index (χ2v) is 6.46. The Labute approximate surface area is 140 Å². The number of likely N-dealkylation sites (tertiary alicyclic amines) is 1. The lowest BCUT2D eigenvalue weighted by Crippen LogP contribution is -2.27. The van der Waals surface area contributed by atoms with Gasteiger partial charge in [-0.05, 0) is 42.7 Å². The molecule has 122 valence electrons. The van der Waals surface area contributed by atoms with Crippen molar-refractivity contribution in [3.8, 4) is 11.3 Å². The normalized spacial score (nSPS) is 16.6. The van der Waals surface area contributed by atoms with Crippen LogP contribution in [0.4, 0.5) is 0 Å². The molecule has 4 rings (SSSR count). The molecule has 0 unspecified atom stereocenters. The van der Waals surface area contributed by atoms with Crippen LogP contribution >= 0.6 is 0 Å². The molecule has 5 nitrogen and oxygen atoms in total. The molecule has 1 fully saturated rings. The minimum Gasteiger partial charge on any atom is -0.339 e. The van der Waals surface area contributed by atoms with Crippen LogP contribution in [0.1, 0.15) is 39.1 Å². The number of amides is 2. The highest BCUT2D eigenvalue weighted by Gasteiger charge is 2.25. The monoisotopic (exact) mass is 321 g/mol. The zero-order valence-electron chi connectivity index (χ0n) is 13.7. The van der Waals surface area contributed by atoms with Crippen molar-refractivity contribution in [2.24, 2.45) is 0 Å². The molecule has 2 aliphatic rings. The molecule has 1 aromatic heterocycles. The van der Waals surface area contributed by atoms with Gasteiger partial charge in [0.25, 0.3) is 11.8 Å². The summed E-state index contributed by atoms with van der Waals surface area (Å²) >= 11 is 0. The maximum Gasteiger partial charge on any atom is 0.254 e. The fourth-order valence-corrected chi connectivity index (χ4v) is 3.45. The van der Waals surface area contributed by atoms with Crippen LogP contribution in [0.2, 0.25) is 0 Å². The van der Waals surface area contributed by atoms with Crippen molar-refractivity contribution in [1.82, 2.24) is 14.8 Å². The van der Waals surface area contributed by atoms with Gasteiger partial charge >= 0.3 is 0 Å². The van der Waals surface area contributed by atoms with Crippen molar-refractivity contribution in [2.45, 2.75) is 19.4 Å².